The van der Waals surface area contributed by atoms with Gasteiger partial charge < -0.3 is 4.74 Å². The highest BCUT2D eigenvalue weighted by Crippen LogP contribution is 2.56. The predicted molar refractivity (Wildman–Crippen MR) is 235 cm³/mol. The average molecular weight is 787 g/mol. The number of rotatable bonds is 11. The Hall–Kier alpha value is -6.82. The van der Waals surface area contributed by atoms with E-state index in [0.29, 0.717) is 29.0 Å². The molecule has 0 amide bonds. The predicted octanol–water partition coefficient (Wildman–Crippen LogP) is 12.4. The van der Waals surface area contributed by atoms with Gasteiger partial charge in [-0.3, -0.25) is 4.79 Å². The fourth-order valence-electron chi connectivity index (χ4n) is 8.41. The Morgan fingerprint density at radius 1 is 0.492 bits per heavy atom. The van der Waals surface area contributed by atoms with Crippen molar-refractivity contribution in [3.05, 3.63) is 250 Å². The number of carbonyl (C=O) groups is 1. The second kappa shape index (κ2) is 15.5. The van der Waals surface area contributed by atoms with E-state index in [0.717, 1.165) is 23.1 Å². The number of fused-ring (bicyclic) bond motifs is 3. The van der Waals surface area contributed by atoms with E-state index in [2.05, 4.69) is 104 Å². The number of hydrogen-bond acceptors (Lipinski definition) is 4. The van der Waals surface area contributed by atoms with Crippen LogP contribution in [-0.2, 0) is 28.1 Å². The van der Waals surface area contributed by atoms with Gasteiger partial charge in [-0.25, -0.2) is 8.42 Å². The van der Waals surface area contributed by atoms with Crippen molar-refractivity contribution in [2.24, 2.45) is 0 Å². The van der Waals surface area contributed by atoms with E-state index in [9.17, 15) is 13.2 Å². The molecule has 0 aromatic heterocycles. The molecule has 288 valence electrons. The lowest BCUT2D eigenvalue weighted by atomic mass is 9.67. The van der Waals surface area contributed by atoms with Gasteiger partial charge in [-0.1, -0.05) is 146 Å². The minimum Gasteiger partial charge on any atom is -0.457 e. The zero-order chi connectivity index (χ0) is 40.6. The zero-order valence-electron chi connectivity index (χ0n) is 32.9. The Morgan fingerprint density at radius 2 is 0.898 bits per heavy atom. The highest BCUT2D eigenvalue weighted by molar-refractivity contribution is 7.91. The molecule has 4 nitrogen and oxygen atoms in total. The Balaban J connectivity index is 0.906. The second-order valence-corrected chi connectivity index (χ2v) is 17.2. The van der Waals surface area contributed by atoms with E-state index >= 15 is 0 Å². The monoisotopic (exact) mass is 786 g/mol. The maximum absolute atomic E-state index is 13.7. The summed E-state index contributed by atoms with van der Waals surface area (Å²) in [5.41, 5.74) is 12.9. The lowest BCUT2D eigenvalue weighted by Gasteiger charge is -2.34. The molecule has 0 atom stereocenters. The first-order chi connectivity index (χ1) is 28.7. The summed E-state index contributed by atoms with van der Waals surface area (Å²) in [5.74, 6) is 0.972. The van der Waals surface area contributed by atoms with Crippen LogP contribution in [0.5, 0.6) is 11.5 Å². The topological polar surface area (TPSA) is 60.4 Å². The molecule has 59 heavy (non-hydrogen) atoms. The Kier molecular flexibility index (Phi) is 9.92. The molecule has 0 unspecified atom stereocenters. The van der Waals surface area contributed by atoms with Crippen LogP contribution in [0.4, 0.5) is 0 Å². The Labute approximate surface area is 346 Å². The molecule has 0 saturated carbocycles. The normalized spacial score (nSPS) is 12.7. The Bertz CT molecular complexity index is 2850. The number of ketones is 1. The van der Waals surface area contributed by atoms with E-state index < -0.39 is 15.3 Å². The molecule has 0 radical (unpaired) electrons. The fraction of sp³-hybridized carbons (Fsp3) is 0.0926. The summed E-state index contributed by atoms with van der Waals surface area (Å²) in [6.07, 6.45) is 1.65. The maximum atomic E-state index is 13.7. The Morgan fingerprint density at radius 3 is 1.39 bits per heavy atom. The van der Waals surface area contributed by atoms with Gasteiger partial charge in [0.2, 0.25) is 9.84 Å². The van der Waals surface area contributed by atoms with Gasteiger partial charge in [0.1, 0.15) is 11.5 Å². The largest absolute Gasteiger partial charge is 0.457 e. The smallest absolute Gasteiger partial charge is 0.206 e. The van der Waals surface area contributed by atoms with Crippen molar-refractivity contribution in [3.63, 3.8) is 0 Å². The quantitative estimate of drug-likeness (QED) is 0.123. The van der Waals surface area contributed by atoms with Crippen molar-refractivity contribution in [1.82, 2.24) is 0 Å². The van der Waals surface area contributed by atoms with E-state index in [1.165, 1.54) is 38.9 Å². The van der Waals surface area contributed by atoms with Crippen LogP contribution in [0.1, 0.15) is 67.4 Å². The summed E-state index contributed by atoms with van der Waals surface area (Å²) in [5, 5.41) is 0. The van der Waals surface area contributed by atoms with Crippen LogP contribution in [0.2, 0.25) is 0 Å². The van der Waals surface area contributed by atoms with Gasteiger partial charge in [0, 0.05) is 11.1 Å². The number of carbonyl (C=O) groups excluding carboxylic acids is 1. The van der Waals surface area contributed by atoms with Gasteiger partial charge in [-0.05, 0) is 131 Å². The minimum atomic E-state index is -3.76. The number of sulfone groups is 1. The number of hydrogen-bond donors (Lipinski definition) is 0. The molecule has 0 saturated heterocycles. The molecule has 0 fully saturated rings. The summed E-state index contributed by atoms with van der Waals surface area (Å²) < 4.78 is 33.3. The van der Waals surface area contributed by atoms with Gasteiger partial charge in [0.25, 0.3) is 0 Å². The highest BCUT2D eigenvalue weighted by atomic mass is 32.2. The molecule has 0 heterocycles. The van der Waals surface area contributed by atoms with Crippen LogP contribution in [0.15, 0.2) is 204 Å². The fourth-order valence-corrected chi connectivity index (χ4v) is 9.67. The lowest BCUT2D eigenvalue weighted by molar-refractivity contribution is 0.103. The van der Waals surface area contributed by atoms with E-state index in [-0.39, 0.29) is 15.6 Å². The number of aryl methyl sites for hydroxylation is 2. The summed E-state index contributed by atoms with van der Waals surface area (Å²) in [7, 11) is -3.76. The molecule has 5 heteroatoms. The van der Waals surface area contributed by atoms with Crippen molar-refractivity contribution in [2.45, 2.75) is 41.9 Å². The molecule has 1 aliphatic carbocycles. The van der Waals surface area contributed by atoms with Crippen molar-refractivity contribution in [1.29, 1.82) is 0 Å². The molecule has 0 bridgehead atoms. The van der Waals surface area contributed by atoms with Crippen molar-refractivity contribution in [3.8, 4) is 22.6 Å². The highest BCUT2D eigenvalue weighted by Gasteiger charge is 2.45. The summed E-state index contributed by atoms with van der Waals surface area (Å²) >= 11 is 0. The van der Waals surface area contributed by atoms with Gasteiger partial charge in [-0.15, -0.1) is 0 Å². The first-order valence-electron chi connectivity index (χ1n) is 20.0. The van der Waals surface area contributed by atoms with Crippen LogP contribution >= 0.6 is 0 Å². The standard InChI is InChI=1S/C54H42O4S/c1-3-38-14-24-43(25-15-38)54(51-10-6-4-8-49(51)50-9-5-7-11-52(50)54)44-26-16-39(17-27-44)36-40-18-32-47(33-19-40)59(56,57)48-34-30-46(31-35-48)58-45-28-22-42(23-29-45)53(55)41-20-12-37(2)13-21-41/h4-35H,3,36H2,1-2H3. The van der Waals surface area contributed by atoms with E-state index in [1.807, 2.05) is 43.3 Å². The third-order valence-electron chi connectivity index (χ3n) is 11.6. The van der Waals surface area contributed by atoms with Crippen molar-refractivity contribution >= 4 is 15.6 Å². The molecule has 9 rings (SSSR count). The van der Waals surface area contributed by atoms with Crippen LogP contribution < -0.4 is 4.74 Å². The first-order valence-corrected chi connectivity index (χ1v) is 21.4. The van der Waals surface area contributed by atoms with Crippen molar-refractivity contribution in [2.75, 3.05) is 0 Å². The second-order valence-electron chi connectivity index (χ2n) is 15.2. The zero-order valence-corrected chi connectivity index (χ0v) is 33.7. The molecule has 8 aromatic rings. The van der Waals surface area contributed by atoms with Crippen LogP contribution in [-0.4, -0.2) is 14.2 Å². The minimum absolute atomic E-state index is 0.0618. The molecule has 8 aromatic carbocycles. The molecule has 0 spiro atoms. The van der Waals surface area contributed by atoms with Crippen molar-refractivity contribution < 1.29 is 17.9 Å². The van der Waals surface area contributed by atoms with Crippen LogP contribution in [0.3, 0.4) is 0 Å². The lowest BCUT2D eigenvalue weighted by Crippen LogP contribution is -2.28. The summed E-state index contributed by atoms with van der Waals surface area (Å²) in [4.78, 5) is 13.3. The maximum Gasteiger partial charge on any atom is 0.206 e. The van der Waals surface area contributed by atoms with Gasteiger partial charge in [0.15, 0.2) is 5.78 Å². The first kappa shape index (κ1) is 37.7. The summed E-state index contributed by atoms with van der Waals surface area (Å²) in [6, 6.07) is 63.5. The number of ether oxygens (including phenoxy) is 1. The van der Waals surface area contributed by atoms with E-state index in [4.69, 9.17) is 4.74 Å². The van der Waals surface area contributed by atoms with Gasteiger partial charge in [-0.2, -0.15) is 0 Å². The third kappa shape index (κ3) is 6.98. The molecule has 1 aliphatic rings. The molecular formula is C54H42O4S. The molecule has 0 aliphatic heterocycles. The van der Waals surface area contributed by atoms with E-state index in [1.54, 1.807) is 60.7 Å². The summed E-state index contributed by atoms with van der Waals surface area (Å²) in [6.45, 7) is 4.17. The SMILES string of the molecule is CCc1ccc(C2(c3ccc(Cc4ccc(S(=O)(=O)c5ccc(Oc6ccc(C(=O)c7ccc(C)cc7)cc6)cc5)cc4)cc3)c3ccccc3-c3ccccc32)cc1. The molecular weight excluding hydrogens is 745 g/mol. The van der Waals surface area contributed by atoms with Crippen LogP contribution in [0, 0.1) is 6.92 Å². The average Bonchev–Trinajstić information content (AvgIpc) is 3.58. The van der Waals surface area contributed by atoms with Crippen LogP contribution in [0.25, 0.3) is 11.1 Å². The third-order valence-corrected chi connectivity index (χ3v) is 13.4. The van der Waals surface area contributed by atoms with Gasteiger partial charge >= 0.3 is 0 Å². The molecule has 0 N–H and O–H groups in total. The number of benzene rings is 8. The van der Waals surface area contributed by atoms with Gasteiger partial charge in [0.05, 0.1) is 15.2 Å².